The van der Waals surface area contributed by atoms with E-state index in [1.165, 1.54) is 4.31 Å². The number of anilines is 2. The second kappa shape index (κ2) is 6.63. The maximum atomic E-state index is 12.9. The Labute approximate surface area is 126 Å². The highest BCUT2D eigenvalue weighted by molar-refractivity contribution is 7.93. The summed E-state index contributed by atoms with van der Waals surface area (Å²) >= 11 is 0. The normalized spacial score (nSPS) is 11.3. The fourth-order valence-corrected chi connectivity index (χ4v) is 3.74. The highest BCUT2D eigenvalue weighted by Gasteiger charge is 2.26. The summed E-state index contributed by atoms with van der Waals surface area (Å²) in [6.45, 7) is 2.48. The molecule has 0 aromatic heterocycles. The van der Waals surface area contributed by atoms with E-state index in [-0.39, 0.29) is 10.6 Å². The fourth-order valence-electron chi connectivity index (χ4n) is 2.12. The summed E-state index contributed by atoms with van der Waals surface area (Å²) in [6.07, 6.45) is 1.71. The molecule has 4 nitrogen and oxygen atoms in total. The maximum absolute atomic E-state index is 12.9. The Morgan fingerprint density at radius 1 is 1.00 bits per heavy atom. The van der Waals surface area contributed by atoms with Gasteiger partial charge in [-0.05, 0) is 30.7 Å². The molecule has 0 amide bonds. The number of nitrogens with zero attached hydrogens (tertiary/aromatic N) is 1. The Morgan fingerprint density at radius 2 is 1.62 bits per heavy atom. The monoisotopic (exact) mass is 304 g/mol. The number of unbranched alkanes of at least 4 members (excludes halogenated alkanes) is 1. The predicted molar refractivity (Wildman–Crippen MR) is 86.7 cm³/mol. The van der Waals surface area contributed by atoms with Gasteiger partial charge in [0, 0.05) is 6.54 Å². The van der Waals surface area contributed by atoms with Gasteiger partial charge in [0.25, 0.3) is 10.0 Å². The molecule has 112 valence electrons. The van der Waals surface area contributed by atoms with Crippen LogP contribution in [0.1, 0.15) is 19.8 Å². The molecule has 0 fully saturated rings. The first-order valence-electron chi connectivity index (χ1n) is 6.99. The quantitative estimate of drug-likeness (QED) is 0.833. The molecule has 2 N–H and O–H groups in total. The van der Waals surface area contributed by atoms with E-state index < -0.39 is 10.0 Å². The third kappa shape index (κ3) is 3.36. The van der Waals surface area contributed by atoms with E-state index >= 15 is 0 Å². The van der Waals surface area contributed by atoms with Crippen molar-refractivity contribution in [3.8, 4) is 0 Å². The summed E-state index contributed by atoms with van der Waals surface area (Å²) in [5.41, 5.74) is 6.78. The van der Waals surface area contributed by atoms with E-state index in [4.69, 9.17) is 5.73 Å². The Morgan fingerprint density at radius 3 is 2.24 bits per heavy atom. The Hall–Kier alpha value is -2.01. The van der Waals surface area contributed by atoms with Crippen LogP contribution in [0.2, 0.25) is 0 Å². The minimum Gasteiger partial charge on any atom is -0.398 e. The van der Waals surface area contributed by atoms with Crippen molar-refractivity contribution >= 4 is 21.4 Å². The molecule has 21 heavy (non-hydrogen) atoms. The Bertz CT molecular complexity index is 684. The Balaban J connectivity index is 2.48. The molecular weight excluding hydrogens is 284 g/mol. The van der Waals surface area contributed by atoms with Crippen LogP contribution in [0.25, 0.3) is 0 Å². The Kier molecular flexibility index (Phi) is 4.85. The van der Waals surface area contributed by atoms with Crippen molar-refractivity contribution < 1.29 is 8.42 Å². The highest BCUT2D eigenvalue weighted by Crippen LogP contribution is 2.27. The third-order valence-corrected chi connectivity index (χ3v) is 5.15. The van der Waals surface area contributed by atoms with Gasteiger partial charge in [-0.2, -0.15) is 0 Å². The van der Waals surface area contributed by atoms with Gasteiger partial charge in [-0.1, -0.05) is 43.7 Å². The molecule has 0 bridgehead atoms. The molecule has 0 saturated heterocycles. The molecular formula is C16H20N2O2S. The zero-order chi connectivity index (χ0) is 15.3. The van der Waals surface area contributed by atoms with E-state index in [1.54, 1.807) is 36.4 Å². The number of nitrogen functional groups attached to an aromatic ring is 1. The van der Waals surface area contributed by atoms with Gasteiger partial charge < -0.3 is 5.73 Å². The molecule has 0 aliphatic rings. The maximum Gasteiger partial charge on any atom is 0.266 e. The van der Waals surface area contributed by atoms with Gasteiger partial charge in [0.15, 0.2) is 0 Å². The number of benzene rings is 2. The number of sulfonamides is 1. The van der Waals surface area contributed by atoms with Gasteiger partial charge >= 0.3 is 0 Å². The first kappa shape index (κ1) is 15.4. The molecule has 0 atom stereocenters. The average Bonchev–Trinajstić information content (AvgIpc) is 2.49. The lowest BCUT2D eigenvalue weighted by Crippen LogP contribution is -2.32. The summed E-state index contributed by atoms with van der Waals surface area (Å²) in [5.74, 6) is 0. The van der Waals surface area contributed by atoms with Gasteiger partial charge in [0.1, 0.15) is 4.90 Å². The number of rotatable bonds is 6. The summed E-state index contributed by atoms with van der Waals surface area (Å²) in [5, 5.41) is 0. The molecule has 0 aliphatic heterocycles. The van der Waals surface area contributed by atoms with E-state index in [0.29, 0.717) is 12.2 Å². The van der Waals surface area contributed by atoms with Crippen LogP contribution in [-0.2, 0) is 10.0 Å². The third-order valence-electron chi connectivity index (χ3n) is 3.25. The van der Waals surface area contributed by atoms with Crippen LogP contribution in [0, 0.1) is 0 Å². The number of hydrogen-bond acceptors (Lipinski definition) is 3. The minimum absolute atomic E-state index is 0.157. The second-order valence-electron chi connectivity index (χ2n) is 4.80. The van der Waals surface area contributed by atoms with E-state index in [0.717, 1.165) is 12.8 Å². The largest absolute Gasteiger partial charge is 0.398 e. The molecule has 0 heterocycles. The zero-order valence-electron chi connectivity index (χ0n) is 12.1. The van der Waals surface area contributed by atoms with Crippen molar-refractivity contribution in [1.29, 1.82) is 0 Å². The standard InChI is InChI=1S/C16H20N2O2S/c1-2-3-13-18(14-9-5-4-6-10-14)21(19,20)16-12-8-7-11-15(16)17/h4-12H,2-3,13,17H2,1H3. The first-order chi connectivity index (χ1) is 10.1. The van der Waals surface area contributed by atoms with Crippen LogP contribution >= 0.6 is 0 Å². The second-order valence-corrected chi connectivity index (χ2v) is 6.63. The van der Waals surface area contributed by atoms with Crippen molar-refractivity contribution in [1.82, 2.24) is 0 Å². The molecule has 0 aliphatic carbocycles. The fraction of sp³-hybridized carbons (Fsp3) is 0.250. The number of hydrogen-bond donors (Lipinski definition) is 1. The van der Waals surface area contributed by atoms with E-state index in [1.807, 2.05) is 25.1 Å². The molecule has 2 rings (SSSR count). The van der Waals surface area contributed by atoms with Crippen LogP contribution in [-0.4, -0.2) is 15.0 Å². The lowest BCUT2D eigenvalue weighted by atomic mass is 10.3. The van der Waals surface area contributed by atoms with Gasteiger partial charge in [0.2, 0.25) is 0 Å². The van der Waals surface area contributed by atoms with E-state index in [2.05, 4.69) is 0 Å². The lowest BCUT2D eigenvalue weighted by molar-refractivity contribution is 0.589. The smallest absolute Gasteiger partial charge is 0.266 e. The number of nitrogens with two attached hydrogens (primary N) is 1. The van der Waals surface area contributed by atoms with E-state index in [9.17, 15) is 8.42 Å². The van der Waals surface area contributed by atoms with Crippen LogP contribution in [0.4, 0.5) is 11.4 Å². The van der Waals surface area contributed by atoms with Gasteiger partial charge in [0.05, 0.1) is 11.4 Å². The molecule has 5 heteroatoms. The van der Waals surface area contributed by atoms with Crippen LogP contribution < -0.4 is 10.0 Å². The van der Waals surface area contributed by atoms with Gasteiger partial charge in [-0.3, -0.25) is 4.31 Å². The molecule has 2 aromatic rings. The molecule has 0 unspecified atom stereocenters. The first-order valence-corrected chi connectivity index (χ1v) is 8.43. The summed E-state index contributed by atoms with van der Waals surface area (Å²) in [6, 6.07) is 15.7. The van der Waals surface area contributed by atoms with Crippen LogP contribution in [0.3, 0.4) is 0 Å². The predicted octanol–water partition coefficient (Wildman–Crippen LogP) is 3.26. The average molecular weight is 304 g/mol. The highest BCUT2D eigenvalue weighted by atomic mass is 32.2. The summed E-state index contributed by atoms with van der Waals surface area (Å²) in [7, 11) is -3.65. The van der Waals surface area contributed by atoms with Gasteiger partial charge in [-0.15, -0.1) is 0 Å². The van der Waals surface area contributed by atoms with Gasteiger partial charge in [-0.25, -0.2) is 8.42 Å². The molecule has 2 aromatic carbocycles. The molecule has 0 radical (unpaired) electrons. The molecule has 0 saturated carbocycles. The van der Waals surface area contributed by atoms with Crippen molar-refractivity contribution in [3.05, 3.63) is 54.6 Å². The molecule has 0 spiro atoms. The summed E-state index contributed by atoms with van der Waals surface area (Å²) < 4.78 is 27.2. The van der Waals surface area contributed by atoms with Crippen molar-refractivity contribution in [2.24, 2.45) is 0 Å². The van der Waals surface area contributed by atoms with Crippen LogP contribution in [0.15, 0.2) is 59.5 Å². The minimum atomic E-state index is -3.65. The zero-order valence-corrected chi connectivity index (χ0v) is 12.9. The van der Waals surface area contributed by atoms with Crippen molar-refractivity contribution in [3.63, 3.8) is 0 Å². The number of para-hydroxylation sites is 2. The van der Waals surface area contributed by atoms with Crippen molar-refractivity contribution in [2.75, 3.05) is 16.6 Å². The SMILES string of the molecule is CCCCN(c1ccccc1)S(=O)(=O)c1ccccc1N. The van der Waals surface area contributed by atoms with Crippen molar-refractivity contribution in [2.45, 2.75) is 24.7 Å². The van der Waals surface area contributed by atoms with Crippen LogP contribution in [0.5, 0.6) is 0 Å². The topological polar surface area (TPSA) is 63.4 Å². The lowest BCUT2D eigenvalue weighted by Gasteiger charge is -2.25. The summed E-state index contributed by atoms with van der Waals surface area (Å²) in [4.78, 5) is 0.157.